The van der Waals surface area contributed by atoms with Crippen molar-refractivity contribution < 1.29 is 39.9 Å². The van der Waals surface area contributed by atoms with Gasteiger partial charge in [-0.05, 0) is 44.5 Å². The number of carbonyl (C=O) groups excluding carboxylic acids is 3. The molecule has 11 heteroatoms. The van der Waals surface area contributed by atoms with E-state index in [1.165, 1.54) is 4.90 Å². The summed E-state index contributed by atoms with van der Waals surface area (Å²) in [6, 6.07) is 0.458. The van der Waals surface area contributed by atoms with Gasteiger partial charge in [-0.2, -0.15) is 0 Å². The van der Waals surface area contributed by atoms with E-state index in [9.17, 15) is 39.9 Å². The number of anilines is 1. The predicted molar refractivity (Wildman–Crippen MR) is 124 cm³/mol. The molecule has 1 aromatic carbocycles. The van der Waals surface area contributed by atoms with Crippen LogP contribution in [-0.2, 0) is 27.4 Å². The second-order valence-electron chi connectivity index (χ2n) is 9.77. The predicted octanol–water partition coefficient (Wildman–Crippen LogP) is -0.478. The van der Waals surface area contributed by atoms with Gasteiger partial charge in [-0.15, -0.1) is 0 Å². The Morgan fingerprint density at radius 2 is 1.80 bits per heavy atom. The van der Waals surface area contributed by atoms with Gasteiger partial charge in [-0.3, -0.25) is 19.3 Å². The average molecular weight is 488 g/mol. The number of aliphatic hydroxyl groups is 4. The quantitative estimate of drug-likeness (QED) is 0.303. The van der Waals surface area contributed by atoms with Gasteiger partial charge in [0.25, 0.3) is 5.91 Å². The lowest BCUT2D eigenvalue weighted by Gasteiger charge is -2.50. The molecule has 0 unspecified atom stereocenters. The van der Waals surface area contributed by atoms with Gasteiger partial charge in [0, 0.05) is 36.8 Å². The van der Waals surface area contributed by atoms with Gasteiger partial charge >= 0.3 is 0 Å². The number of hydrogen-bond donors (Lipinski definition) is 6. The molecule has 0 saturated heterocycles. The zero-order valence-electron chi connectivity index (χ0n) is 19.9. The molecule has 1 aromatic rings. The van der Waals surface area contributed by atoms with Crippen molar-refractivity contribution in [1.29, 1.82) is 0 Å². The van der Waals surface area contributed by atoms with Crippen LogP contribution in [0.15, 0.2) is 23.0 Å². The summed E-state index contributed by atoms with van der Waals surface area (Å²) in [6.45, 7) is -0.524. The van der Waals surface area contributed by atoms with Gasteiger partial charge in [0.05, 0.1) is 18.2 Å². The monoisotopic (exact) mass is 487 g/mol. The number of benzene rings is 1. The number of phenols is 1. The van der Waals surface area contributed by atoms with Gasteiger partial charge in [0.2, 0.25) is 5.78 Å². The Hall–Kier alpha value is -3.41. The molecule has 3 aliphatic rings. The van der Waals surface area contributed by atoms with Crippen molar-refractivity contribution in [2.24, 2.45) is 17.6 Å². The summed E-state index contributed by atoms with van der Waals surface area (Å²) in [6.07, 6.45) is 0.197. The highest BCUT2D eigenvalue weighted by Crippen LogP contribution is 2.54. The van der Waals surface area contributed by atoms with Crippen LogP contribution in [0.1, 0.15) is 23.1 Å². The summed E-state index contributed by atoms with van der Waals surface area (Å²) >= 11 is 0. The van der Waals surface area contributed by atoms with E-state index >= 15 is 0 Å². The molecule has 11 nitrogen and oxygen atoms in total. The van der Waals surface area contributed by atoms with Crippen molar-refractivity contribution in [2.75, 3.05) is 33.1 Å². The number of fused-ring (bicyclic) bond motifs is 3. The number of ketones is 2. The average Bonchev–Trinajstić information content (AvgIpc) is 2.75. The molecular weight excluding hydrogens is 458 g/mol. The van der Waals surface area contributed by atoms with Crippen molar-refractivity contribution in [1.82, 2.24) is 4.90 Å². The fourth-order valence-corrected chi connectivity index (χ4v) is 5.87. The first-order valence-corrected chi connectivity index (χ1v) is 11.1. The van der Waals surface area contributed by atoms with Gasteiger partial charge in [-0.25, -0.2) is 0 Å². The third kappa shape index (κ3) is 3.19. The summed E-state index contributed by atoms with van der Waals surface area (Å²) in [7, 11) is 6.61. The summed E-state index contributed by atoms with van der Waals surface area (Å²) in [5, 5.41) is 54.2. The summed E-state index contributed by atoms with van der Waals surface area (Å²) in [5.41, 5.74) is 2.79. The normalized spacial score (nSPS) is 28.1. The third-order valence-electron chi connectivity index (χ3n) is 7.43. The van der Waals surface area contributed by atoms with E-state index in [1.807, 2.05) is 0 Å². The second-order valence-corrected chi connectivity index (χ2v) is 9.77. The molecule has 1 fully saturated rings. The van der Waals surface area contributed by atoms with E-state index in [0.717, 1.165) is 0 Å². The van der Waals surface area contributed by atoms with E-state index in [1.54, 1.807) is 39.2 Å². The molecular formula is C24H29N3O8. The molecule has 3 aliphatic carbocycles. The Labute approximate surface area is 201 Å². The van der Waals surface area contributed by atoms with Crippen molar-refractivity contribution in [2.45, 2.75) is 31.1 Å². The number of amides is 1. The molecule has 4 atom stereocenters. The molecule has 0 aromatic heterocycles. The fourth-order valence-electron chi connectivity index (χ4n) is 5.87. The molecule has 0 aliphatic heterocycles. The lowest BCUT2D eigenvalue weighted by molar-refractivity contribution is -0.153. The largest absolute Gasteiger partial charge is 0.508 e. The molecule has 0 spiro atoms. The van der Waals surface area contributed by atoms with E-state index in [-0.39, 0.29) is 29.5 Å². The van der Waals surface area contributed by atoms with Crippen LogP contribution in [0.25, 0.3) is 5.76 Å². The van der Waals surface area contributed by atoms with E-state index in [0.29, 0.717) is 11.3 Å². The lowest BCUT2D eigenvalue weighted by Crippen LogP contribution is -2.65. The highest BCUT2D eigenvalue weighted by atomic mass is 16.3. The minimum atomic E-state index is -2.68. The van der Waals surface area contributed by atoms with Gasteiger partial charge in [-0.1, -0.05) is 0 Å². The number of Topliss-reactive ketones (excluding diaryl/α,β-unsaturated/α-hetero) is 2. The SMILES string of the molecule is CN(C)c1cc(CO)c(O)c2c1C[C@H]1C[C@H]3[C@H](N(C)C)C(=O)C(C(N)=O)=C(O)[C@@]3(O)C(=O)C1=C2O. The van der Waals surface area contributed by atoms with Crippen LogP contribution in [-0.4, -0.2) is 87.7 Å². The minimum Gasteiger partial charge on any atom is -0.508 e. The Kier molecular flexibility index (Phi) is 5.70. The molecule has 1 amide bonds. The Morgan fingerprint density at radius 3 is 2.31 bits per heavy atom. The van der Waals surface area contributed by atoms with Crippen LogP contribution < -0.4 is 10.6 Å². The number of carbonyl (C=O) groups is 3. The molecule has 7 N–H and O–H groups in total. The topological polar surface area (TPSA) is 185 Å². The standard InChI is InChI=1S/C24H29N3O8/c1-26(2)13-7-10(8-28)18(29)15-11(13)5-9-6-12-17(27(3)4)20(31)16(23(25)34)22(33)24(12,35)21(32)14(9)19(15)30/h7,9,12,17,28-30,33,35H,5-6,8H2,1-4H3,(H2,25,34)/t9-,12-,17-,24-/m0/s1. The maximum Gasteiger partial charge on any atom is 0.255 e. The fraction of sp³-hybridized carbons (Fsp3) is 0.458. The number of nitrogens with two attached hydrogens (primary N) is 1. The third-order valence-corrected chi connectivity index (χ3v) is 7.43. The Bertz CT molecular complexity index is 1230. The zero-order chi connectivity index (χ0) is 26.1. The van der Waals surface area contributed by atoms with Crippen molar-refractivity contribution >= 4 is 28.9 Å². The molecule has 0 bridgehead atoms. The van der Waals surface area contributed by atoms with Crippen LogP contribution in [0.4, 0.5) is 5.69 Å². The van der Waals surface area contributed by atoms with Gasteiger partial charge in [0.15, 0.2) is 11.4 Å². The number of aliphatic hydroxyl groups excluding tert-OH is 3. The van der Waals surface area contributed by atoms with Crippen molar-refractivity contribution in [3.63, 3.8) is 0 Å². The maximum atomic E-state index is 13.8. The van der Waals surface area contributed by atoms with Crippen LogP contribution in [0.3, 0.4) is 0 Å². The van der Waals surface area contributed by atoms with Crippen molar-refractivity contribution in [3.05, 3.63) is 39.7 Å². The van der Waals surface area contributed by atoms with Crippen LogP contribution in [0.5, 0.6) is 5.75 Å². The number of nitrogens with zero attached hydrogens (tertiary/aromatic N) is 2. The van der Waals surface area contributed by atoms with E-state index in [2.05, 4.69) is 0 Å². The molecule has 0 radical (unpaired) electrons. The summed E-state index contributed by atoms with van der Waals surface area (Å²) < 4.78 is 0. The van der Waals surface area contributed by atoms with E-state index < -0.39 is 70.4 Å². The minimum absolute atomic E-state index is 0.0150. The number of primary amides is 1. The summed E-state index contributed by atoms with van der Waals surface area (Å²) in [4.78, 5) is 42.1. The maximum absolute atomic E-state index is 13.8. The van der Waals surface area contributed by atoms with Gasteiger partial charge in [0.1, 0.15) is 22.8 Å². The smallest absolute Gasteiger partial charge is 0.255 e. The number of rotatable bonds is 4. The van der Waals surface area contributed by atoms with Crippen molar-refractivity contribution in [3.8, 4) is 5.75 Å². The number of aromatic hydroxyl groups is 1. The molecule has 0 heterocycles. The molecule has 4 rings (SSSR count). The van der Waals surface area contributed by atoms with Crippen LogP contribution in [0.2, 0.25) is 0 Å². The molecule has 35 heavy (non-hydrogen) atoms. The Balaban J connectivity index is 2.01. The van der Waals surface area contributed by atoms with Crippen LogP contribution >= 0.6 is 0 Å². The highest BCUT2D eigenvalue weighted by molar-refractivity contribution is 6.24. The zero-order valence-corrected chi connectivity index (χ0v) is 19.9. The van der Waals surface area contributed by atoms with Gasteiger partial charge < -0.3 is 36.2 Å². The Morgan fingerprint density at radius 1 is 1.17 bits per heavy atom. The number of likely N-dealkylation sites (N-methyl/N-ethyl adjacent to an activating group) is 1. The molecule has 1 saturated carbocycles. The summed E-state index contributed by atoms with van der Waals surface area (Å²) in [5.74, 6) is -7.05. The first kappa shape index (κ1) is 24.7. The first-order chi connectivity index (χ1) is 16.3. The lowest BCUT2D eigenvalue weighted by atomic mass is 9.57. The molecule has 188 valence electrons. The number of hydrogen-bond acceptors (Lipinski definition) is 10. The highest BCUT2D eigenvalue weighted by Gasteiger charge is 2.64. The first-order valence-electron chi connectivity index (χ1n) is 11.1. The van der Waals surface area contributed by atoms with E-state index in [4.69, 9.17) is 5.73 Å². The second kappa shape index (κ2) is 8.08. The van der Waals surface area contributed by atoms with Crippen LogP contribution in [0, 0.1) is 11.8 Å².